The summed E-state index contributed by atoms with van der Waals surface area (Å²) in [6.45, 7) is 1.95. The lowest BCUT2D eigenvalue weighted by molar-refractivity contribution is -0.122. The highest BCUT2D eigenvalue weighted by Crippen LogP contribution is 2.31. The molecule has 0 radical (unpaired) electrons. The Labute approximate surface area is 137 Å². The molecule has 1 aliphatic rings. The topological polar surface area (TPSA) is 78.4 Å². The van der Waals surface area contributed by atoms with Gasteiger partial charge in [-0.1, -0.05) is 32.3 Å². The minimum Gasteiger partial charge on any atom is -0.389 e. The molecule has 0 heterocycles. The maximum absolute atomic E-state index is 12.2. The monoisotopic (exact) mass is 318 g/mol. The maximum Gasteiger partial charge on any atom is 0.227 e. The third kappa shape index (κ3) is 5.67. The summed E-state index contributed by atoms with van der Waals surface area (Å²) < 4.78 is 0. The molecule has 5 heteroatoms. The zero-order valence-corrected chi connectivity index (χ0v) is 13.7. The number of rotatable bonds is 6. The van der Waals surface area contributed by atoms with Gasteiger partial charge in [0.15, 0.2) is 0 Å². The first kappa shape index (κ1) is 17.5. The van der Waals surface area contributed by atoms with Crippen LogP contribution in [0.1, 0.15) is 58.3 Å². The van der Waals surface area contributed by atoms with Gasteiger partial charge in [0.2, 0.25) is 11.8 Å². The molecule has 1 aromatic carbocycles. The number of aliphatic hydroxyl groups is 1. The second-order valence-electron chi connectivity index (χ2n) is 6.39. The van der Waals surface area contributed by atoms with Gasteiger partial charge in [0.25, 0.3) is 0 Å². The Bertz CT molecular complexity index is 551. The van der Waals surface area contributed by atoms with Gasteiger partial charge in [-0.25, -0.2) is 0 Å². The van der Waals surface area contributed by atoms with Gasteiger partial charge in [-0.3, -0.25) is 9.59 Å². The fraction of sp³-hybridized carbons (Fsp3) is 0.556. The van der Waals surface area contributed by atoms with Crippen LogP contribution in [-0.4, -0.2) is 22.5 Å². The lowest BCUT2D eigenvalue weighted by Crippen LogP contribution is -2.35. The number of carbonyl (C=O) groups excluding carboxylic acids is 2. The Morgan fingerprint density at radius 2 is 1.70 bits per heavy atom. The van der Waals surface area contributed by atoms with Gasteiger partial charge in [0, 0.05) is 17.8 Å². The van der Waals surface area contributed by atoms with Crippen molar-refractivity contribution in [1.82, 2.24) is 0 Å². The highest BCUT2D eigenvalue weighted by molar-refractivity contribution is 5.94. The molecule has 1 aliphatic carbocycles. The normalized spacial score (nSPS) is 16.6. The first-order chi connectivity index (χ1) is 11.0. The van der Waals surface area contributed by atoms with Crippen LogP contribution in [0.3, 0.4) is 0 Å². The Kier molecular flexibility index (Phi) is 6.16. The van der Waals surface area contributed by atoms with Crippen LogP contribution in [0.4, 0.5) is 11.4 Å². The zero-order chi connectivity index (χ0) is 16.7. The molecule has 0 atom stereocenters. The molecule has 23 heavy (non-hydrogen) atoms. The van der Waals surface area contributed by atoms with Crippen molar-refractivity contribution < 1.29 is 14.7 Å². The van der Waals surface area contributed by atoms with Gasteiger partial charge < -0.3 is 15.7 Å². The van der Waals surface area contributed by atoms with Gasteiger partial charge in [-0.05, 0) is 37.5 Å². The van der Waals surface area contributed by atoms with Crippen LogP contribution >= 0.6 is 0 Å². The molecule has 0 unspecified atom stereocenters. The Hall–Kier alpha value is -1.88. The van der Waals surface area contributed by atoms with Gasteiger partial charge >= 0.3 is 0 Å². The first-order valence-corrected chi connectivity index (χ1v) is 8.43. The standard InChI is InChI=1S/C18H26N2O3/c1-2-7-16(21)19-14-8-6-9-15(12-14)20-17(22)13-18(23)10-4-3-5-11-18/h6,8-9,12,23H,2-5,7,10-11,13H2,1H3,(H,19,21)(H,20,22). The van der Waals surface area contributed by atoms with E-state index in [1.165, 1.54) is 0 Å². The molecule has 126 valence electrons. The van der Waals surface area contributed by atoms with E-state index in [0.29, 0.717) is 30.6 Å². The highest BCUT2D eigenvalue weighted by Gasteiger charge is 2.31. The molecule has 0 spiro atoms. The third-order valence-corrected chi connectivity index (χ3v) is 4.18. The van der Waals surface area contributed by atoms with Crippen molar-refractivity contribution in [3.63, 3.8) is 0 Å². The van der Waals surface area contributed by atoms with Crippen LogP contribution in [0.25, 0.3) is 0 Å². The molecule has 2 amide bonds. The zero-order valence-electron chi connectivity index (χ0n) is 13.7. The third-order valence-electron chi connectivity index (χ3n) is 4.18. The number of hydrogen-bond acceptors (Lipinski definition) is 3. The summed E-state index contributed by atoms with van der Waals surface area (Å²) in [4.78, 5) is 23.8. The average Bonchev–Trinajstić information content (AvgIpc) is 2.47. The van der Waals surface area contributed by atoms with E-state index in [1.54, 1.807) is 24.3 Å². The van der Waals surface area contributed by atoms with E-state index >= 15 is 0 Å². The van der Waals surface area contributed by atoms with E-state index < -0.39 is 5.60 Å². The van der Waals surface area contributed by atoms with E-state index in [4.69, 9.17) is 0 Å². The van der Waals surface area contributed by atoms with E-state index in [0.717, 1.165) is 25.7 Å². The molecule has 0 aliphatic heterocycles. The number of anilines is 2. The summed E-state index contributed by atoms with van der Waals surface area (Å²) in [6.07, 6.45) is 5.85. The molecular formula is C18H26N2O3. The fourth-order valence-electron chi connectivity index (χ4n) is 3.02. The minimum atomic E-state index is -0.866. The lowest BCUT2D eigenvalue weighted by atomic mass is 9.82. The molecule has 1 saturated carbocycles. The predicted octanol–water partition coefficient (Wildman–Crippen LogP) is 3.45. The van der Waals surface area contributed by atoms with E-state index in [-0.39, 0.29) is 18.2 Å². The molecular weight excluding hydrogens is 292 g/mol. The molecule has 5 nitrogen and oxygen atoms in total. The quantitative estimate of drug-likeness (QED) is 0.751. The molecule has 1 aromatic rings. The van der Waals surface area contributed by atoms with Gasteiger partial charge in [-0.15, -0.1) is 0 Å². The highest BCUT2D eigenvalue weighted by atomic mass is 16.3. The number of carbonyl (C=O) groups is 2. The smallest absolute Gasteiger partial charge is 0.227 e. The van der Waals surface area contributed by atoms with Gasteiger partial charge in [0.1, 0.15) is 0 Å². The van der Waals surface area contributed by atoms with Crippen molar-refractivity contribution in [3.8, 4) is 0 Å². The number of amides is 2. The summed E-state index contributed by atoms with van der Waals surface area (Å²) in [5.74, 6) is -0.223. The van der Waals surface area contributed by atoms with Crippen LogP contribution < -0.4 is 10.6 Å². The van der Waals surface area contributed by atoms with Crippen molar-refractivity contribution in [3.05, 3.63) is 24.3 Å². The van der Waals surface area contributed by atoms with E-state index in [9.17, 15) is 14.7 Å². The molecule has 0 saturated heterocycles. The van der Waals surface area contributed by atoms with Gasteiger partial charge in [-0.2, -0.15) is 0 Å². The molecule has 0 bridgehead atoms. The number of nitrogens with one attached hydrogen (secondary N) is 2. The van der Waals surface area contributed by atoms with Crippen molar-refractivity contribution in [2.24, 2.45) is 0 Å². The second kappa shape index (κ2) is 8.11. The van der Waals surface area contributed by atoms with Gasteiger partial charge in [0.05, 0.1) is 12.0 Å². The Morgan fingerprint density at radius 1 is 1.09 bits per heavy atom. The number of benzene rings is 1. The first-order valence-electron chi connectivity index (χ1n) is 8.43. The Balaban J connectivity index is 1.91. The van der Waals surface area contributed by atoms with Crippen LogP contribution in [0.5, 0.6) is 0 Å². The van der Waals surface area contributed by atoms with Crippen molar-refractivity contribution in [2.45, 2.75) is 63.9 Å². The fourth-order valence-corrected chi connectivity index (χ4v) is 3.02. The van der Waals surface area contributed by atoms with Crippen molar-refractivity contribution in [2.75, 3.05) is 10.6 Å². The van der Waals surface area contributed by atoms with Crippen LogP contribution in [0.15, 0.2) is 24.3 Å². The Morgan fingerprint density at radius 3 is 2.30 bits per heavy atom. The van der Waals surface area contributed by atoms with Crippen LogP contribution in [0.2, 0.25) is 0 Å². The second-order valence-corrected chi connectivity index (χ2v) is 6.39. The summed E-state index contributed by atoms with van der Waals surface area (Å²) >= 11 is 0. The summed E-state index contributed by atoms with van der Waals surface area (Å²) in [7, 11) is 0. The SMILES string of the molecule is CCCC(=O)Nc1cccc(NC(=O)CC2(O)CCCCC2)c1. The molecule has 2 rings (SSSR count). The maximum atomic E-state index is 12.2. The summed E-state index contributed by atoms with van der Waals surface area (Å²) in [6, 6.07) is 7.08. The molecule has 3 N–H and O–H groups in total. The van der Waals surface area contributed by atoms with E-state index in [1.807, 2.05) is 6.92 Å². The van der Waals surface area contributed by atoms with Crippen molar-refractivity contribution in [1.29, 1.82) is 0 Å². The van der Waals surface area contributed by atoms with E-state index in [2.05, 4.69) is 10.6 Å². The number of hydrogen-bond donors (Lipinski definition) is 3. The van der Waals surface area contributed by atoms with Crippen molar-refractivity contribution >= 4 is 23.2 Å². The predicted molar refractivity (Wildman–Crippen MR) is 91.3 cm³/mol. The molecule has 0 aromatic heterocycles. The average molecular weight is 318 g/mol. The minimum absolute atomic E-state index is 0.0347. The summed E-state index contributed by atoms with van der Waals surface area (Å²) in [5.41, 5.74) is 0.427. The van der Waals surface area contributed by atoms with Crippen LogP contribution in [-0.2, 0) is 9.59 Å². The molecule has 1 fully saturated rings. The lowest BCUT2D eigenvalue weighted by Gasteiger charge is -2.31. The van der Waals surface area contributed by atoms with Crippen LogP contribution in [0, 0.1) is 0 Å². The largest absolute Gasteiger partial charge is 0.389 e. The summed E-state index contributed by atoms with van der Waals surface area (Å²) in [5, 5.41) is 16.0.